The van der Waals surface area contributed by atoms with Gasteiger partial charge in [-0.1, -0.05) is 23.7 Å². The highest BCUT2D eigenvalue weighted by atomic mass is 35.5. The van der Waals surface area contributed by atoms with Crippen LogP contribution in [0, 0.1) is 6.92 Å². The van der Waals surface area contributed by atoms with E-state index in [1.54, 1.807) is 25.1 Å². The average molecular weight is 305 g/mol. The Morgan fingerprint density at radius 1 is 1.24 bits per heavy atom. The molecule has 0 spiro atoms. The summed E-state index contributed by atoms with van der Waals surface area (Å²) < 4.78 is 0. The largest absolute Gasteiger partial charge is 0.488 e. The van der Waals surface area contributed by atoms with Crippen LogP contribution in [0.5, 0.6) is 0 Å². The van der Waals surface area contributed by atoms with Crippen LogP contribution in [0.2, 0.25) is 5.02 Å². The number of halogens is 1. The lowest BCUT2D eigenvalue weighted by Crippen LogP contribution is -2.29. The molecule has 5 N–H and O–H groups in total. The molecule has 1 amide bonds. The minimum atomic E-state index is -1.54. The summed E-state index contributed by atoms with van der Waals surface area (Å²) in [5.74, 6) is -0.379. The van der Waals surface area contributed by atoms with E-state index in [1.165, 1.54) is 18.2 Å². The maximum absolute atomic E-state index is 12.2. The number of anilines is 2. The number of hydrogen-bond donors (Lipinski definition) is 4. The molecule has 0 bridgehead atoms. The van der Waals surface area contributed by atoms with Crippen LogP contribution < -0.4 is 16.5 Å². The van der Waals surface area contributed by atoms with Gasteiger partial charge in [0.1, 0.15) is 0 Å². The summed E-state index contributed by atoms with van der Waals surface area (Å²) in [7, 11) is -1.54. The van der Waals surface area contributed by atoms with Gasteiger partial charge in [-0.15, -0.1) is 0 Å². The minimum Gasteiger partial charge on any atom is -0.423 e. The van der Waals surface area contributed by atoms with Crippen molar-refractivity contribution in [2.24, 2.45) is 0 Å². The lowest BCUT2D eigenvalue weighted by molar-refractivity contribution is 0.102. The molecule has 0 saturated heterocycles. The first-order valence-corrected chi connectivity index (χ1v) is 6.59. The van der Waals surface area contributed by atoms with E-state index in [0.717, 1.165) is 5.56 Å². The van der Waals surface area contributed by atoms with Crippen molar-refractivity contribution in [1.82, 2.24) is 0 Å². The van der Waals surface area contributed by atoms with Gasteiger partial charge >= 0.3 is 7.12 Å². The molecule has 0 atom stereocenters. The molecule has 5 nitrogen and oxygen atoms in total. The number of carbonyl (C=O) groups is 1. The molecule has 21 heavy (non-hydrogen) atoms. The molecule has 0 aliphatic heterocycles. The molecule has 2 rings (SSSR count). The fourth-order valence-electron chi connectivity index (χ4n) is 1.88. The van der Waals surface area contributed by atoms with Crippen molar-refractivity contribution in [2.45, 2.75) is 6.92 Å². The Hall–Kier alpha value is -2.02. The molecule has 108 valence electrons. The van der Waals surface area contributed by atoms with Gasteiger partial charge in [-0.25, -0.2) is 0 Å². The summed E-state index contributed by atoms with van der Waals surface area (Å²) >= 11 is 5.93. The molecule has 2 aromatic carbocycles. The Morgan fingerprint density at radius 3 is 2.43 bits per heavy atom. The summed E-state index contributed by atoms with van der Waals surface area (Å²) in [6.07, 6.45) is 0. The van der Waals surface area contributed by atoms with Crippen LogP contribution in [0.3, 0.4) is 0 Å². The Kier molecular flexibility index (Phi) is 4.52. The van der Waals surface area contributed by atoms with E-state index in [1.807, 2.05) is 0 Å². The van der Waals surface area contributed by atoms with Crippen molar-refractivity contribution < 1.29 is 14.8 Å². The lowest BCUT2D eigenvalue weighted by Gasteiger charge is -2.10. The first kappa shape index (κ1) is 15.4. The number of rotatable bonds is 3. The van der Waals surface area contributed by atoms with E-state index in [0.29, 0.717) is 27.4 Å². The number of amides is 1. The van der Waals surface area contributed by atoms with Gasteiger partial charge in [-0.3, -0.25) is 4.79 Å². The zero-order chi connectivity index (χ0) is 15.6. The highest BCUT2D eigenvalue weighted by molar-refractivity contribution is 6.58. The van der Waals surface area contributed by atoms with Crippen molar-refractivity contribution in [2.75, 3.05) is 11.1 Å². The standard InChI is InChI=1S/C14H14BClN2O3/c1-8-6-10(16)7-12(13(8)17)14(19)18-11-4-2-9(3-5-11)15(20)21/h2-7,20-21H,17H2,1H3,(H,18,19). The van der Waals surface area contributed by atoms with E-state index in [4.69, 9.17) is 27.4 Å². The van der Waals surface area contributed by atoms with Crippen molar-refractivity contribution in [3.8, 4) is 0 Å². The summed E-state index contributed by atoms with van der Waals surface area (Å²) in [5.41, 5.74) is 8.14. The number of aryl methyl sites for hydroxylation is 1. The molecule has 0 saturated carbocycles. The second kappa shape index (κ2) is 6.18. The Morgan fingerprint density at radius 2 is 1.86 bits per heavy atom. The third-order valence-corrected chi connectivity index (χ3v) is 3.28. The number of nitrogens with one attached hydrogen (secondary N) is 1. The monoisotopic (exact) mass is 304 g/mol. The van der Waals surface area contributed by atoms with Gasteiger partial charge in [0.15, 0.2) is 0 Å². The molecule has 0 fully saturated rings. The van der Waals surface area contributed by atoms with E-state index in [9.17, 15) is 4.79 Å². The molecule has 7 heteroatoms. The molecule has 0 heterocycles. The Labute approximate surface area is 127 Å². The second-order valence-electron chi connectivity index (χ2n) is 4.63. The van der Waals surface area contributed by atoms with Crippen molar-refractivity contribution >= 4 is 41.5 Å². The van der Waals surface area contributed by atoms with Crippen molar-refractivity contribution in [3.63, 3.8) is 0 Å². The fraction of sp³-hybridized carbons (Fsp3) is 0.0714. The first-order chi connectivity index (χ1) is 9.88. The number of nitrogen functional groups attached to an aromatic ring is 1. The van der Waals surface area contributed by atoms with E-state index < -0.39 is 7.12 Å². The molecular weight excluding hydrogens is 290 g/mol. The van der Waals surface area contributed by atoms with Gasteiger partial charge < -0.3 is 21.1 Å². The third kappa shape index (κ3) is 3.55. The zero-order valence-electron chi connectivity index (χ0n) is 11.3. The average Bonchev–Trinajstić information content (AvgIpc) is 2.43. The zero-order valence-corrected chi connectivity index (χ0v) is 12.1. The van der Waals surface area contributed by atoms with Crippen LogP contribution in [0.15, 0.2) is 36.4 Å². The highest BCUT2D eigenvalue weighted by Crippen LogP contribution is 2.23. The fourth-order valence-corrected chi connectivity index (χ4v) is 2.15. The number of carbonyl (C=O) groups excluding carboxylic acids is 1. The van der Waals surface area contributed by atoms with Gasteiger partial charge in [-0.2, -0.15) is 0 Å². The van der Waals surface area contributed by atoms with Gasteiger partial charge in [0.05, 0.1) is 5.56 Å². The Bertz CT molecular complexity index is 675. The van der Waals surface area contributed by atoms with E-state index in [2.05, 4.69) is 5.32 Å². The maximum atomic E-state index is 12.2. The Balaban J connectivity index is 2.22. The van der Waals surface area contributed by atoms with E-state index in [-0.39, 0.29) is 5.91 Å². The predicted molar refractivity (Wildman–Crippen MR) is 84.8 cm³/mol. The predicted octanol–water partition coefficient (Wildman–Crippen LogP) is 1.16. The van der Waals surface area contributed by atoms with Gasteiger partial charge in [-0.05, 0) is 42.2 Å². The minimum absolute atomic E-state index is 0.297. The van der Waals surface area contributed by atoms with Crippen LogP contribution in [-0.2, 0) is 0 Å². The first-order valence-electron chi connectivity index (χ1n) is 6.21. The van der Waals surface area contributed by atoms with E-state index >= 15 is 0 Å². The molecule has 0 aliphatic rings. The van der Waals surface area contributed by atoms with Crippen LogP contribution in [0.1, 0.15) is 15.9 Å². The summed E-state index contributed by atoms with van der Waals surface area (Å²) in [5, 5.41) is 21.1. The second-order valence-corrected chi connectivity index (χ2v) is 5.07. The SMILES string of the molecule is Cc1cc(Cl)cc(C(=O)Nc2ccc(B(O)O)cc2)c1N. The third-order valence-electron chi connectivity index (χ3n) is 3.06. The smallest absolute Gasteiger partial charge is 0.423 e. The van der Waals surface area contributed by atoms with Crippen molar-refractivity contribution in [3.05, 3.63) is 52.5 Å². The number of nitrogens with two attached hydrogens (primary N) is 1. The van der Waals surface area contributed by atoms with Gasteiger partial charge in [0.25, 0.3) is 5.91 Å². The molecule has 2 aromatic rings. The van der Waals surface area contributed by atoms with Crippen LogP contribution in [0.4, 0.5) is 11.4 Å². The number of hydrogen-bond acceptors (Lipinski definition) is 4. The van der Waals surface area contributed by atoms with Crippen molar-refractivity contribution in [1.29, 1.82) is 0 Å². The molecular formula is C14H14BClN2O3. The molecule has 0 radical (unpaired) electrons. The summed E-state index contributed by atoms with van der Waals surface area (Å²) in [4.78, 5) is 12.2. The maximum Gasteiger partial charge on any atom is 0.488 e. The summed E-state index contributed by atoms with van der Waals surface area (Å²) in [6.45, 7) is 1.77. The lowest BCUT2D eigenvalue weighted by atomic mass is 9.80. The number of benzene rings is 2. The normalized spacial score (nSPS) is 10.3. The van der Waals surface area contributed by atoms with Crippen LogP contribution >= 0.6 is 11.6 Å². The molecule has 0 aromatic heterocycles. The van der Waals surface area contributed by atoms with Gasteiger partial charge in [0, 0.05) is 16.4 Å². The quantitative estimate of drug-likeness (QED) is 0.505. The van der Waals surface area contributed by atoms with Crippen LogP contribution in [0.25, 0.3) is 0 Å². The molecule has 0 unspecified atom stereocenters. The summed E-state index contributed by atoms with van der Waals surface area (Å²) in [6, 6.07) is 9.34. The topological polar surface area (TPSA) is 95.6 Å². The van der Waals surface area contributed by atoms with Gasteiger partial charge in [0.2, 0.25) is 0 Å². The van der Waals surface area contributed by atoms with Crippen LogP contribution in [-0.4, -0.2) is 23.1 Å². The molecule has 0 aliphatic carbocycles. The highest BCUT2D eigenvalue weighted by Gasteiger charge is 2.14.